The van der Waals surface area contributed by atoms with Gasteiger partial charge in [0.25, 0.3) is 5.91 Å². The highest BCUT2D eigenvalue weighted by molar-refractivity contribution is 6.31. The first kappa shape index (κ1) is 18.2. The normalized spacial score (nSPS) is 13.2. The first-order valence-electron chi connectivity index (χ1n) is 8.84. The van der Waals surface area contributed by atoms with Crippen LogP contribution in [0.4, 0.5) is 5.95 Å². The third kappa shape index (κ3) is 3.63. The second kappa shape index (κ2) is 7.47. The zero-order chi connectivity index (χ0) is 19.7. The third-order valence-electron chi connectivity index (χ3n) is 4.54. The minimum Gasteiger partial charge on any atom is -0.481 e. The Balaban J connectivity index is 1.58. The molecule has 1 aliphatic rings. The SMILES string of the molecule is COc1ccnc(NNC(=O)c2cnn(-c3ccc(C)c(Cl)c3)c2C2CC2)n1. The monoisotopic (exact) mass is 398 g/mol. The summed E-state index contributed by atoms with van der Waals surface area (Å²) in [6.45, 7) is 1.95. The summed E-state index contributed by atoms with van der Waals surface area (Å²) in [6.07, 6.45) is 5.16. The maximum absolute atomic E-state index is 12.8. The van der Waals surface area contributed by atoms with Crippen molar-refractivity contribution in [3.63, 3.8) is 0 Å². The van der Waals surface area contributed by atoms with Gasteiger partial charge in [-0.1, -0.05) is 17.7 Å². The number of nitrogens with one attached hydrogen (secondary N) is 2. The second-order valence-electron chi connectivity index (χ2n) is 6.56. The van der Waals surface area contributed by atoms with Gasteiger partial charge in [0.2, 0.25) is 11.8 Å². The van der Waals surface area contributed by atoms with E-state index in [1.807, 2.05) is 25.1 Å². The van der Waals surface area contributed by atoms with Crippen LogP contribution in [-0.2, 0) is 0 Å². The molecular formula is C19H19ClN6O2. The lowest BCUT2D eigenvalue weighted by Gasteiger charge is -2.11. The Morgan fingerprint density at radius 3 is 2.86 bits per heavy atom. The molecule has 2 N–H and O–H groups in total. The van der Waals surface area contributed by atoms with Gasteiger partial charge in [0, 0.05) is 23.2 Å². The summed E-state index contributed by atoms with van der Waals surface area (Å²) in [6, 6.07) is 7.37. The molecule has 1 saturated carbocycles. The minimum atomic E-state index is -0.308. The Kier molecular flexibility index (Phi) is 4.87. The van der Waals surface area contributed by atoms with E-state index in [-0.39, 0.29) is 11.9 Å². The summed E-state index contributed by atoms with van der Waals surface area (Å²) in [5, 5.41) is 5.10. The van der Waals surface area contributed by atoms with Crippen molar-refractivity contribution in [2.75, 3.05) is 12.5 Å². The fourth-order valence-electron chi connectivity index (χ4n) is 2.90. The molecule has 144 valence electrons. The van der Waals surface area contributed by atoms with Crippen LogP contribution in [0.2, 0.25) is 5.02 Å². The zero-order valence-corrected chi connectivity index (χ0v) is 16.2. The molecule has 1 aromatic carbocycles. The highest BCUT2D eigenvalue weighted by atomic mass is 35.5. The molecule has 0 saturated heterocycles. The number of methoxy groups -OCH3 is 1. The van der Waals surface area contributed by atoms with Crippen LogP contribution in [0, 0.1) is 6.92 Å². The number of hydrogen-bond donors (Lipinski definition) is 2. The van der Waals surface area contributed by atoms with Gasteiger partial charge in [-0.25, -0.2) is 9.67 Å². The topological polar surface area (TPSA) is 94.0 Å². The number of benzene rings is 1. The van der Waals surface area contributed by atoms with Gasteiger partial charge >= 0.3 is 0 Å². The van der Waals surface area contributed by atoms with Gasteiger partial charge in [0.1, 0.15) is 0 Å². The van der Waals surface area contributed by atoms with Gasteiger partial charge < -0.3 is 4.74 Å². The molecule has 0 aliphatic heterocycles. The van der Waals surface area contributed by atoms with Gasteiger partial charge in [-0.2, -0.15) is 10.1 Å². The van der Waals surface area contributed by atoms with E-state index in [1.54, 1.807) is 16.9 Å². The number of aromatic nitrogens is 4. The number of ether oxygens (including phenoxy) is 1. The van der Waals surface area contributed by atoms with Gasteiger partial charge in [0.05, 0.1) is 30.3 Å². The Morgan fingerprint density at radius 2 is 2.14 bits per heavy atom. The largest absolute Gasteiger partial charge is 0.481 e. The minimum absolute atomic E-state index is 0.235. The molecule has 4 rings (SSSR count). The first-order valence-corrected chi connectivity index (χ1v) is 9.22. The van der Waals surface area contributed by atoms with E-state index in [1.165, 1.54) is 13.3 Å². The van der Waals surface area contributed by atoms with Crippen molar-refractivity contribution in [3.05, 3.63) is 58.5 Å². The number of carbonyl (C=O) groups is 1. The lowest BCUT2D eigenvalue weighted by Crippen LogP contribution is -2.30. The number of amides is 1. The molecule has 9 heteroatoms. The van der Waals surface area contributed by atoms with Crippen LogP contribution >= 0.6 is 11.6 Å². The highest BCUT2D eigenvalue weighted by Gasteiger charge is 2.33. The number of halogens is 1. The summed E-state index contributed by atoms with van der Waals surface area (Å²) in [5.41, 5.74) is 8.55. The van der Waals surface area contributed by atoms with E-state index in [0.717, 1.165) is 29.8 Å². The van der Waals surface area contributed by atoms with Crippen LogP contribution in [0.15, 0.2) is 36.7 Å². The predicted octanol–water partition coefficient (Wildman–Crippen LogP) is 3.27. The molecule has 3 aromatic rings. The molecule has 0 bridgehead atoms. The van der Waals surface area contributed by atoms with Crippen molar-refractivity contribution in [2.45, 2.75) is 25.7 Å². The molecule has 2 heterocycles. The summed E-state index contributed by atoms with van der Waals surface area (Å²) >= 11 is 6.27. The zero-order valence-electron chi connectivity index (χ0n) is 15.4. The van der Waals surface area contributed by atoms with Gasteiger partial charge in [0.15, 0.2) is 0 Å². The molecule has 1 amide bonds. The van der Waals surface area contributed by atoms with Crippen molar-refractivity contribution in [1.29, 1.82) is 0 Å². The number of hydrazine groups is 1. The van der Waals surface area contributed by atoms with E-state index >= 15 is 0 Å². The van der Waals surface area contributed by atoms with Crippen LogP contribution in [0.3, 0.4) is 0 Å². The Bertz CT molecular complexity index is 1030. The smallest absolute Gasteiger partial charge is 0.273 e. The van der Waals surface area contributed by atoms with Crippen LogP contribution in [0.25, 0.3) is 5.69 Å². The average molecular weight is 399 g/mol. The number of carbonyl (C=O) groups excluding carboxylic acids is 1. The predicted molar refractivity (Wildman–Crippen MR) is 105 cm³/mol. The Morgan fingerprint density at radius 1 is 1.32 bits per heavy atom. The fraction of sp³-hybridized carbons (Fsp3) is 0.263. The van der Waals surface area contributed by atoms with Gasteiger partial charge in [-0.15, -0.1) is 0 Å². The lowest BCUT2D eigenvalue weighted by atomic mass is 10.1. The maximum atomic E-state index is 12.8. The Hall–Kier alpha value is -3.13. The van der Waals surface area contributed by atoms with Crippen molar-refractivity contribution >= 4 is 23.5 Å². The van der Waals surface area contributed by atoms with Crippen LogP contribution in [0.5, 0.6) is 5.88 Å². The summed E-state index contributed by atoms with van der Waals surface area (Å²) < 4.78 is 6.84. The highest BCUT2D eigenvalue weighted by Crippen LogP contribution is 2.42. The average Bonchev–Trinajstić information content (AvgIpc) is 3.46. The molecule has 28 heavy (non-hydrogen) atoms. The van der Waals surface area contributed by atoms with E-state index < -0.39 is 0 Å². The molecule has 1 fully saturated rings. The molecule has 0 spiro atoms. The second-order valence-corrected chi connectivity index (χ2v) is 6.97. The Labute approximate surface area is 166 Å². The quantitative estimate of drug-likeness (QED) is 0.619. The summed E-state index contributed by atoms with van der Waals surface area (Å²) in [5.74, 6) is 0.627. The van der Waals surface area contributed by atoms with Gasteiger partial charge in [-0.3, -0.25) is 15.6 Å². The van der Waals surface area contributed by atoms with Crippen molar-refractivity contribution in [3.8, 4) is 11.6 Å². The standard InChI is InChI=1S/C19H19ClN6O2/c1-11-3-6-13(9-15(11)20)26-17(12-4-5-12)14(10-22-26)18(27)24-25-19-21-8-7-16(23-19)28-2/h3,6-10,12H,4-5H2,1-2H3,(H,24,27)(H,21,23,25). The summed E-state index contributed by atoms with van der Waals surface area (Å²) in [4.78, 5) is 20.9. The number of hydrogen-bond acceptors (Lipinski definition) is 6. The third-order valence-corrected chi connectivity index (χ3v) is 4.95. The van der Waals surface area contributed by atoms with E-state index in [0.29, 0.717) is 22.4 Å². The van der Waals surface area contributed by atoms with E-state index in [2.05, 4.69) is 25.9 Å². The van der Waals surface area contributed by atoms with Crippen molar-refractivity contribution < 1.29 is 9.53 Å². The molecule has 1 aliphatic carbocycles. The molecular weight excluding hydrogens is 380 g/mol. The molecule has 0 atom stereocenters. The maximum Gasteiger partial charge on any atom is 0.273 e. The van der Waals surface area contributed by atoms with Crippen LogP contribution < -0.4 is 15.6 Å². The van der Waals surface area contributed by atoms with E-state index in [4.69, 9.17) is 16.3 Å². The number of aryl methyl sites for hydroxylation is 1. The van der Waals surface area contributed by atoms with Crippen molar-refractivity contribution in [2.24, 2.45) is 0 Å². The number of rotatable bonds is 6. The van der Waals surface area contributed by atoms with Gasteiger partial charge in [-0.05, 0) is 37.5 Å². The number of anilines is 1. The molecule has 0 radical (unpaired) electrons. The summed E-state index contributed by atoms with van der Waals surface area (Å²) in [7, 11) is 1.51. The van der Waals surface area contributed by atoms with Crippen LogP contribution in [0.1, 0.15) is 40.4 Å². The van der Waals surface area contributed by atoms with Crippen molar-refractivity contribution in [1.82, 2.24) is 25.2 Å². The van der Waals surface area contributed by atoms with Crippen LogP contribution in [-0.4, -0.2) is 32.8 Å². The lowest BCUT2D eigenvalue weighted by molar-refractivity contribution is 0.0961. The molecule has 0 unspecified atom stereocenters. The van der Waals surface area contributed by atoms with E-state index in [9.17, 15) is 4.79 Å². The first-order chi connectivity index (χ1) is 13.6. The molecule has 2 aromatic heterocycles. The number of nitrogens with zero attached hydrogens (tertiary/aromatic N) is 4. The molecule has 8 nitrogen and oxygen atoms in total. The fourth-order valence-corrected chi connectivity index (χ4v) is 3.07.